The van der Waals surface area contributed by atoms with Gasteiger partial charge in [-0.15, -0.1) is 0 Å². The molecule has 2 amide bonds. The van der Waals surface area contributed by atoms with Crippen molar-refractivity contribution in [3.8, 4) is 0 Å². The molecule has 0 aromatic heterocycles. The quantitative estimate of drug-likeness (QED) is 0.849. The van der Waals surface area contributed by atoms with Gasteiger partial charge < -0.3 is 9.80 Å². The van der Waals surface area contributed by atoms with Crippen LogP contribution in [-0.2, 0) is 4.79 Å². The Kier molecular flexibility index (Phi) is 4.04. The van der Waals surface area contributed by atoms with E-state index in [1.54, 1.807) is 11.9 Å². The van der Waals surface area contributed by atoms with Crippen LogP contribution in [0.3, 0.4) is 0 Å². The van der Waals surface area contributed by atoms with Crippen molar-refractivity contribution in [1.82, 2.24) is 9.80 Å². The van der Waals surface area contributed by atoms with Gasteiger partial charge in [0.05, 0.1) is 11.3 Å². The molecule has 0 N–H and O–H groups in total. The highest BCUT2D eigenvalue weighted by molar-refractivity contribution is 6.05. The molecule has 1 aliphatic heterocycles. The van der Waals surface area contributed by atoms with Crippen molar-refractivity contribution >= 4 is 17.5 Å². The summed E-state index contributed by atoms with van der Waals surface area (Å²) in [6, 6.07) is 8.27. The van der Waals surface area contributed by atoms with Gasteiger partial charge in [0, 0.05) is 45.2 Å². The van der Waals surface area contributed by atoms with Crippen LogP contribution in [0.25, 0.3) is 0 Å². The smallest absolute Gasteiger partial charge is 0.256 e. The van der Waals surface area contributed by atoms with Gasteiger partial charge in [-0.3, -0.25) is 14.5 Å². The second kappa shape index (κ2) is 6.20. The Morgan fingerprint density at radius 1 is 1.00 bits per heavy atom. The van der Waals surface area contributed by atoms with Gasteiger partial charge in [0.2, 0.25) is 5.91 Å². The van der Waals surface area contributed by atoms with E-state index in [4.69, 9.17) is 0 Å². The molecule has 1 saturated heterocycles. The van der Waals surface area contributed by atoms with Crippen molar-refractivity contribution in [2.45, 2.75) is 31.7 Å². The van der Waals surface area contributed by atoms with Gasteiger partial charge >= 0.3 is 0 Å². The van der Waals surface area contributed by atoms with Crippen LogP contribution in [0.5, 0.6) is 0 Å². The Morgan fingerprint density at radius 2 is 1.67 bits per heavy atom. The Hall–Kier alpha value is -1.88. The van der Waals surface area contributed by atoms with Gasteiger partial charge in [0.15, 0.2) is 0 Å². The number of nitrogens with zero attached hydrogens (tertiary/aromatic N) is 3. The molecule has 2 aliphatic carbocycles. The number of benzene rings is 1. The number of amides is 2. The van der Waals surface area contributed by atoms with E-state index in [0.29, 0.717) is 5.56 Å². The number of rotatable bonds is 4. The molecule has 0 bridgehead atoms. The molecule has 1 heterocycles. The second-order valence-corrected chi connectivity index (χ2v) is 7.25. The summed E-state index contributed by atoms with van der Waals surface area (Å²) < 4.78 is 0. The van der Waals surface area contributed by atoms with E-state index >= 15 is 0 Å². The van der Waals surface area contributed by atoms with E-state index in [-0.39, 0.29) is 17.7 Å². The average Bonchev–Trinajstić information content (AvgIpc) is 3.51. The minimum absolute atomic E-state index is 0.0523. The van der Waals surface area contributed by atoms with Gasteiger partial charge in [0.25, 0.3) is 5.91 Å². The molecule has 128 valence electrons. The highest BCUT2D eigenvalue weighted by atomic mass is 16.2. The molecule has 1 aromatic rings. The van der Waals surface area contributed by atoms with E-state index in [1.807, 2.05) is 29.2 Å². The zero-order chi connectivity index (χ0) is 16.7. The minimum Gasteiger partial charge on any atom is -0.336 e. The predicted octanol–water partition coefficient (Wildman–Crippen LogP) is 1.98. The third-order valence-corrected chi connectivity index (χ3v) is 5.42. The Bertz CT molecular complexity index is 644. The van der Waals surface area contributed by atoms with E-state index in [9.17, 15) is 9.59 Å². The van der Waals surface area contributed by atoms with Crippen molar-refractivity contribution in [1.29, 1.82) is 0 Å². The predicted molar refractivity (Wildman–Crippen MR) is 93.1 cm³/mol. The third-order valence-electron chi connectivity index (χ3n) is 5.42. The molecule has 24 heavy (non-hydrogen) atoms. The van der Waals surface area contributed by atoms with Crippen molar-refractivity contribution in [3.63, 3.8) is 0 Å². The summed E-state index contributed by atoms with van der Waals surface area (Å²) in [6.07, 6.45) is 4.57. The molecule has 0 atom stereocenters. The van der Waals surface area contributed by atoms with Crippen molar-refractivity contribution in [2.24, 2.45) is 5.92 Å². The zero-order valence-electron chi connectivity index (χ0n) is 14.3. The third kappa shape index (κ3) is 3.05. The standard InChI is InChI=1S/C19H25N3O2/c1-20(18(23)14-6-7-14)17-5-3-2-4-16(17)19(24)22-12-10-21(11-13-22)15-8-9-15/h2-5,14-15H,6-13H2,1H3. The Labute approximate surface area is 143 Å². The van der Waals surface area contributed by atoms with Crippen LogP contribution in [-0.4, -0.2) is 60.9 Å². The van der Waals surface area contributed by atoms with Gasteiger partial charge in [-0.25, -0.2) is 0 Å². The van der Waals surface area contributed by atoms with Crippen LogP contribution >= 0.6 is 0 Å². The number of hydrogen-bond acceptors (Lipinski definition) is 3. The summed E-state index contributed by atoms with van der Waals surface area (Å²) in [6.45, 7) is 3.50. The summed E-state index contributed by atoms with van der Waals surface area (Å²) in [5, 5.41) is 0. The molecule has 0 unspecified atom stereocenters. The van der Waals surface area contributed by atoms with Crippen molar-refractivity contribution < 1.29 is 9.59 Å². The highest BCUT2D eigenvalue weighted by Crippen LogP contribution is 2.33. The van der Waals surface area contributed by atoms with Crippen molar-refractivity contribution in [3.05, 3.63) is 29.8 Å². The molecule has 3 aliphatic rings. The summed E-state index contributed by atoms with van der Waals surface area (Å²) in [7, 11) is 1.79. The SMILES string of the molecule is CN(C(=O)C1CC1)c1ccccc1C(=O)N1CCN(C2CC2)CC1. The molecule has 5 heteroatoms. The monoisotopic (exact) mass is 327 g/mol. The lowest BCUT2D eigenvalue weighted by Gasteiger charge is -2.35. The average molecular weight is 327 g/mol. The van der Waals surface area contributed by atoms with Crippen LogP contribution in [0.15, 0.2) is 24.3 Å². The van der Waals surface area contributed by atoms with E-state index in [2.05, 4.69) is 4.90 Å². The number of carbonyl (C=O) groups excluding carboxylic acids is 2. The van der Waals surface area contributed by atoms with Crippen LogP contribution in [0, 0.1) is 5.92 Å². The first-order valence-corrected chi connectivity index (χ1v) is 9.05. The maximum atomic E-state index is 13.0. The molecule has 4 rings (SSSR count). The van der Waals surface area contributed by atoms with Gasteiger partial charge in [-0.1, -0.05) is 12.1 Å². The number of piperazine rings is 1. The maximum Gasteiger partial charge on any atom is 0.256 e. The van der Waals surface area contributed by atoms with E-state index in [0.717, 1.165) is 50.7 Å². The number of anilines is 1. The summed E-state index contributed by atoms with van der Waals surface area (Å²) in [5.41, 5.74) is 1.39. The lowest BCUT2D eigenvalue weighted by molar-refractivity contribution is -0.119. The first-order chi connectivity index (χ1) is 11.6. The molecule has 3 fully saturated rings. The topological polar surface area (TPSA) is 43.9 Å². The normalized spacial score (nSPS) is 21.6. The highest BCUT2D eigenvalue weighted by Gasteiger charge is 2.35. The maximum absolute atomic E-state index is 13.0. The molecule has 0 spiro atoms. The van der Waals surface area contributed by atoms with Gasteiger partial charge in [-0.2, -0.15) is 0 Å². The molecule has 2 saturated carbocycles. The first-order valence-electron chi connectivity index (χ1n) is 9.05. The lowest BCUT2D eigenvalue weighted by atomic mass is 10.1. The van der Waals surface area contributed by atoms with Gasteiger partial charge in [0.1, 0.15) is 0 Å². The fourth-order valence-electron chi connectivity index (χ4n) is 3.57. The number of hydrogen-bond donors (Lipinski definition) is 0. The minimum atomic E-state index is 0.0523. The van der Waals surface area contributed by atoms with Crippen LogP contribution < -0.4 is 4.90 Å². The molecule has 5 nitrogen and oxygen atoms in total. The number of para-hydroxylation sites is 1. The largest absolute Gasteiger partial charge is 0.336 e. The molecule has 0 radical (unpaired) electrons. The summed E-state index contributed by atoms with van der Waals surface area (Å²) in [5.74, 6) is 0.338. The summed E-state index contributed by atoms with van der Waals surface area (Å²) >= 11 is 0. The summed E-state index contributed by atoms with van der Waals surface area (Å²) in [4.78, 5) is 31.5. The second-order valence-electron chi connectivity index (χ2n) is 7.25. The fraction of sp³-hybridized carbons (Fsp3) is 0.579. The fourth-order valence-corrected chi connectivity index (χ4v) is 3.57. The van der Waals surface area contributed by atoms with Crippen molar-refractivity contribution in [2.75, 3.05) is 38.1 Å². The van der Waals surface area contributed by atoms with E-state index < -0.39 is 0 Å². The molecular formula is C19H25N3O2. The van der Waals surface area contributed by atoms with Crippen LogP contribution in [0.2, 0.25) is 0 Å². The molecular weight excluding hydrogens is 302 g/mol. The first kappa shape index (κ1) is 15.6. The number of carbonyl (C=O) groups is 2. The van der Waals surface area contributed by atoms with Crippen LogP contribution in [0.1, 0.15) is 36.0 Å². The zero-order valence-corrected chi connectivity index (χ0v) is 14.3. The lowest BCUT2D eigenvalue weighted by Crippen LogP contribution is -2.49. The molecule has 1 aromatic carbocycles. The van der Waals surface area contributed by atoms with Crippen LogP contribution in [0.4, 0.5) is 5.69 Å². The Morgan fingerprint density at radius 3 is 2.29 bits per heavy atom. The van der Waals surface area contributed by atoms with Gasteiger partial charge in [-0.05, 0) is 37.8 Å². The van der Waals surface area contributed by atoms with E-state index in [1.165, 1.54) is 12.8 Å². The Balaban J connectivity index is 1.48.